The van der Waals surface area contributed by atoms with Crippen molar-refractivity contribution in [2.24, 2.45) is 4.99 Å². The Kier molecular flexibility index (Phi) is 11.5. The van der Waals surface area contributed by atoms with Crippen LogP contribution in [0.3, 0.4) is 0 Å². The lowest BCUT2D eigenvalue weighted by Gasteiger charge is -2.36. The van der Waals surface area contributed by atoms with Crippen LogP contribution in [-0.4, -0.2) is 100 Å². The van der Waals surface area contributed by atoms with Crippen LogP contribution in [0.25, 0.3) is 0 Å². The largest absolute Gasteiger partial charge is 0.356 e. The minimum Gasteiger partial charge on any atom is -0.356 e. The molecule has 1 fully saturated rings. The normalized spacial score (nSPS) is 16.7. The second kappa shape index (κ2) is 13.0. The van der Waals surface area contributed by atoms with Crippen molar-refractivity contribution in [3.05, 3.63) is 35.4 Å². The maximum atomic E-state index is 12.1. The number of aliphatic imine (C=N–C) groups is 1. The predicted molar refractivity (Wildman–Crippen MR) is 131 cm³/mol. The fraction of sp³-hybridized carbons (Fsp3) is 0.619. The fourth-order valence-corrected chi connectivity index (χ4v) is 3.30. The van der Waals surface area contributed by atoms with E-state index in [2.05, 4.69) is 45.5 Å². The monoisotopic (exact) mass is 516 g/mol. The van der Waals surface area contributed by atoms with Crippen LogP contribution in [0, 0.1) is 0 Å². The lowest BCUT2D eigenvalue weighted by molar-refractivity contribution is 0.0827. The molecule has 0 spiro atoms. The van der Waals surface area contributed by atoms with Gasteiger partial charge in [-0.3, -0.25) is 14.7 Å². The molecule has 1 aromatic rings. The summed E-state index contributed by atoms with van der Waals surface area (Å²) in [6.45, 7) is 8.40. The topological polar surface area (TPSA) is 63.2 Å². The Morgan fingerprint density at radius 1 is 1.21 bits per heavy atom. The van der Waals surface area contributed by atoms with Crippen LogP contribution in [0.4, 0.5) is 0 Å². The van der Waals surface area contributed by atoms with Gasteiger partial charge in [-0.1, -0.05) is 12.1 Å². The van der Waals surface area contributed by atoms with Gasteiger partial charge in [0.15, 0.2) is 5.96 Å². The highest BCUT2D eigenvalue weighted by molar-refractivity contribution is 14.0. The number of benzene rings is 1. The van der Waals surface area contributed by atoms with Crippen LogP contribution in [0.2, 0.25) is 0 Å². The Morgan fingerprint density at radius 2 is 1.90 bits per heavy atom. The average Bonchev–Trinajstić information content (AvgIpc) is 2.70. The first kappa shape index (κ1) is 25.6. The van der Waals surface area contributed by atoms with Gasteiger partial charge in [0.1, 0.15) is 0 Å². The summed E-state index contributed by atoms with van der Waals surface area (Å²) in [6.07, 6.45) is 0.837. The summed E-state index contributed by atoms with van der Waals surface area (Å²) in [5, 5.41) is 6.80. The molecule has 2 rings (SSSR count). The van der Waals surface area contributed by atoms with Gasteiger partial charge in [0.25, 0.3) is 5.91 Å². The number of carbonyl (C=O) groups excluding carboxylic acids is 1. The molecule has 7 nitrogen and oxygen atoms in total. The molecule has 0 aromatic heterocycles. The number of guanidine groups is 1. The highest BCUT2D eigenvalue weighted by Gasteiger charge is 2.19. The molecule has 1 aromatic carbocycles. The van der Waals surface area contributed by atoms with Crippen molar-refractivity contribution in [2.75, 3.05) is 67.5 Å². The quantitative estimate of drug-likeness (QED) is 0.326. The maximum Gasteiger partial charge on any atom is 0.253 e. The lowest BCUT2D eigenvalue weighted by Crippen LogP contribution is -2.52. The molecule has 1 amide bonds. The van der Waals surface area contributed by atoms with E-state index in [-0.39, 0.29) is 29.9 Å². The van der Waals surface area contributed by atoms with E-state index >= 15 is 0 Å². The third-order valence-electron chi connectivity index (χ3n) is 5.24. The van der Waals surface area contributed by atoms with Gasteiger partial charge in [-0.15, -0.1) is 24.0 Å². The second-order valence-electron chi connectivity index (χ2n) is 7.72. The van der Waals surface area contributed by atoms with Gasteiger partial charge in [0.2, 0.25) is 0 Å². The van der Waals surface area contributed by atoms with Gasteiger partial charge in [-0.05, 0) is 38.1 Å². The Morgan fingerprint density at radius 3 is 2.52 bits per heavy atom. The number of likely N-dealkylation sites (N-methyl/N-ethyl adjacent to an activating group) is 1. The molecule has 2 N–H and O–H groups in total. The number of hydrogen-bond donors (Lipinski definition) is 2. The van der Waals surface area contributed by atoms with Crippen LogP contribution < -0.4 is 10.6 Å². The number of nitrogens with zero attached hydrogens (tertiary/aromatic N) is 4. The van der Waals surface area contributed by atoms with Crippen LogP contribution in [0.1, 0.15) is 22.8 Å². The summed E-state index contributed by atoms with van der Waals surface area (Å²) in [5.41, 5.74) is 1.87. The number of nitrogens with one attached hydrogen (secondary N) is 2. The third-order valence-corrected chi connectivity index (χ3v) is 5.24. The Hall–Kier alpha value is -1.39. The zero-order valence-electron chi connectivity index (χ0n) is 18.4. The van der Waals surface area contributed by atoms with Gasteiger partial charge < -0.3 is 20.4 Å². The Bertz CT molecular complexity index is 658. The molecule has 1 heterocycles. The molecule has 1 aliphatic heterocycles. The van der Waals surface area contributed by atoms with Crippen molar-refractivity contribution in [1.29, 1.82) is 0 Å². The summed E-state index contributed by atoms with van der Waals surface area (Å²) in [5.74, 6) is 0.853. The molecular formula is C21H37IN6O. The number of rotatable bonds is 7. The van der Waals surface area contributed by atoms with E-state index in [0.29, 0.717) is 6.04 Å². The SMILES string of the molecule is CN=C(NCCc1cccc(C(=O)N(C)C)c1)NCC(C)N1CCN(C)CC1.I. The average molecular weight is 516 g/mol. The number of carbonyl (C=O) groups is 1. The summed E-state index contributed by atoms with van der Waals surface area (Å²) < 4.78 is 0. The Labute approximate surface area is 192 Å². The van der Waals surface area contributed by atoms with E-state index in [1.165, 1.54) is 0 Å². The summed E-state index contributed by atoms with van der Waals surface area (Å²) >= 11 is 0. The molecule has 1 unspecified atom stereocenters. The molecule has 8 heteroatoms. The highest BCUT2D eigenvalue weighted by Crippen LogP contribution is 2.08. The fourth-order valence-electron chi connectivity index (χ4n) is 3.30. The Balaban J connectivity index is 0.00000420. The first-order valence-electron chi connectivity index (χ1n) is 10.1. The minimum absolute atomic E-state index is 0. The van der Waals surface area contributed by atoms with E-state index in [9.17, 15) is 4.79 Å². The van der Waals surface area contributed by atoms with E-state index in [1.54, 1.807) is 26.0 Å². The van der Waals surface area contributed by atoms with E-state index in [0.717, 1.165) is 62.8 Å². The van der Waals surface area contributed by atoms with Crippen molar-refractivity contribution in [3.8, 4) is 0 Å². The number of halogens is 1. The summed E-state index contributed by atoms with van der Waals surface area (Å²) in [4.78, 5) is 22.9. The van der Waals surface area contributed by atoms with Gasteiger partial charge in [0, 0.05) is 72.0 Å². The standard InChI is InChI=1S/C21H36N6O.HI/c1-17(27-13-11-26(5)12-14-27)16-24-21(22-2)23-10-9-18-7-6-8-19(15-18)20(28)25(3)4;/h6-8,15,17H,9-14,16H2,1-5H3,(H2,22,23,24);1H. The summed E-state index contributed by atoms with van der Waals surface area (Å²) in [7, 11) is 7.52. The van der Waals surface area contributed by atoms with Crippen molar-refractivity contribution < 1.29 is 4.79 Å². The van der Waals surface area contributed by atoms with E-state index in [1.807, 2.05) is 18.2 Å². The molecule has 0 bridgehead atoms. The first-order valence-corrected chi connectivity index (χ1v) is 10.1. The molecule has 164 valence electrons. The van der Waals surface area contributed by atoms with E-state index < -0.39 is 0 Å². The van der Waals surface area contributed by atoms with Gasteiger partial charge in [0.05, 0.1) is 0 Å². The molecular weight excluding hydrogens is 479 g/mol. The van der Waals surface area contributed by atoms with Crippen LogP contribution in [0.15, 0.2) is 29.3 Å². The number of piperazine rings is 1. The third kappa shape index (κ3) is 8.47. The molecule has 0 radical (unpaired) electrons. The van der Waals surface area contributed by atoms with Gasteiger partial charge in [-0.25, -0.2) is 0 Å². The zero-order valence-corrected chi connectivity index (χ0v) is 20.8. The summed E-state index contributed by atoms with van der Waals surface area (Å²) in [6, 6.07) is 8.30. The van der Waals surface area contributed by atoms with E-state index in [4.69, 9.17) is 0 Å². The number of hydrogen-bond acceptors (Lipinski definition) is 4. The van der Waals surface area contributed by atoms with Crippen LogP contribution in [-0.2, 0) is 6.42 Å². The molecule has 1 atom stereocenters. The minimum atomic E-state index is 0. The van der Waals surface area contributed by atoms with Crippen molar-refractivity contribution in [1.82, 2.24) is 25.3 Å². The number of amides is 1. The van der Waals surface area contributed by atoms with Crippen molar-refractivity contribution >= 4 is 35.8 Å². The molecule has 0 saturated carbocycles. The van der Waals surface area contributed by atoms with Crippen molar-refractivity contribution in [2.45, 2.75) is 19.4 Å². The second-order valence-corrected chi connectivity index (χ2v) is 7.72. The zero-order chi connectivity index (χ0) is 20.5. The molecule has 1 aliphatic rings. The highest BCUT2D eigenvalue weighted by atomic mass is 127. The van der Waals surface area contributed by atoms with Crippen LogP contribution >= 0.6 is 24.0 Å². The maximum absolute atomic E-state index is 12.1. The lowest BCUT2D eigenvalue weighted by atomic mass is 10.1. The van der Waals surface area contributed by atoms with Gasteiger partial charge in [-0.2, -0.15) is 0 Å². The van der Waals surface area contributed by atoms with Crippen LogP contribution in [0.5, 0.6) is 0 Å². The van der Waals surface area contributed by atoms with Crippen molar-refractivity contribution in [3.63, 3.8) is 0 Å². The smallest absolute Gasteiger partial charge is 0.253 e. The molecule has 1 saturated heterocycles. The predicted octanol–water partition coefficient (Wildman–Crippen LogP) is 1.35. The first-order chi connectivity index (χ1) is 13.4. The molecule has 29 heavy (non-hydrogen) atoms. The molecule has 0 aliphatic carbocycles. The van der Waals surface area contributed by atoms with Gasteiger partial charge >= 0.3 is 0 Å².